The van der Waals surface area contributed by atoms with Gasteiger partial charge < -0.3 is 15.0 Å². The second-order valence-electron chi connectivity index (χ2n) is 8.34. The zero-order chi connectivity index (χ0) is 20.3. The van der Waals surface area contributed by atoms with Crippen LogP contribution in [0.15, 0.2) is 48.5 Å². The van der Waals surface area contributed by atoms with Crippen molar-refractivity contribution in [2.24, 2.45) is 5.41 Å². The van der Waals surface area contributed by atoms with Crippen LogP contribution in [0.5, 0.6) is 11.5 Å². The fourth-order valence-corrected chi connectivity index (χ4v) is 3.36. The van der Waals surface area contributed by atoms with Gasteiger partial charge in [-0.15, -0.1) is 0 Å². The Hall–Kier alpha value is -2.82. The highest BCUT2D eigenvalue weighted by atomic mass is 16.5. The Morgan fingerprint density at radius 3 is 2.43 bits per heavy atom. The van der Waals surface area contributed by atoms with E-state index in [1.807, 2.05) is 76.2 Å². The van der Waals surface area contributed by atoms with Gasteiger partial charge in [-0.1, -0.05) is 32.9 Å². The molecule has 2 aromatic carbocycles. The average Bonchev–Trinajstić information content (AvgIpc) is 3.11. The second kappa shape index (κ2) is 8.05. The van der Waals surface area contributed by atoms with E-state index in [1.165, 1.54) is 0 Å². The number of benzene rings is 2. The van der Waals surface area contributed by atoms with Gasteiger partial charge in [0.25, 0.3) is 0 Å². The van der Waals surface area contributed by atoms with Crippen molar-refractivity contribution in [3.63, 3.8) is 0 Å². The van der Waals surface area contributed by atoms with Gasteiger partial charge in [-0.25, -0.2) is 0 Å². The van der Waals surface area contributed by atoms with Crippen molar-refractivity contribution in [2.75, 3.05) is 11.9 Å². The van der Waals surface area contributed by atoms with Crippen LogP contribution in [0.1, 0.15) is 39.2 Å². The van der Waals surface area contributed by atoms with Crippen molar-refractivity contribution < 1.29 is 14.3 Å². The first kappa shape index (κ1) is 19.9. The summed E-state index contributed by atoms with van der Waals surface area (Å²) >= 11 is 0. The standard InChI is InChI=1S/C23H28N2O3/c1-16-7-5-8-19(15-16)28-18-12-10-17(11-13-18)24-21(26)20-9-6-14-25(20)22(27)23(2,3)4/h5,7-8,10-13,15,20H,6,9,14H2,1-4H3,(H,24,26). The van der Waals surface area contributed by atoms with Crippen molar-refractivity contribution >= 4 is 17.5 Å². The van der Waals surface area contributed by atoms with Gasteiger partial charge in [0.1, 0.15) is 17.5 Å². The van der Waals surface area contributed by atoms with E-state index in [0.717, 1.165) is 17.7 Å². The Morgan fingerprint density at radius 2 is 1.79 bits per heavy atom. The number of ether oxygens (including phenoxy) is 1. The zero-order valence-corrected chi connectivity index (χ0v) is 17.0. The van der Waals surface area contributed by atoms with Gasteiger partial charge in [-0.05, 0) is 61.7 Å². The van der Waals surface area contributed by atoms with Crippen LogP contribution in [0.2, 0.25) is 0 Å². The van der Waals surface area contributed by atoms with Gasteiger partial charge in [-0.2, -0.15) is 0 Å². The molecule has 1 aliphatic rings. The molecule has 2 aromatic rings. The molecule has 1 atom stereocenters. The molecule has 0 radical (unpaired) electrons. The minimum Gasteiger partial charge on any atom is -0.457 e. The van der Waals surface area contributed by atoms with E-state index in [0.29, 0.717) is 24.4 Å². The van der Waals surface area contributed by atoms with E-state index in [4.69, 9.17) is 4.74 Å². The molecular weight excluding hydrogens is 352 g/mol. The molecule has 5 heteroatoms. The molecule has 1 fully saturated rings. The quantitative estimate of drug-likeness (QED) is 0.832. The molecule has 0 spiro atoms. The first-order chi connectivity index (χ1) is 13.2. The highest BCUT2D eigenvalue weighted by molar-refractivity contribution is 5.98. The Balaban J connectivity index is 1.63. The van der Waals surface area contributed by atoms with Gasteiger partial charge >= 0.3 is 0 Å². The van der Waals surface area contributed by atoms with Gasteiger partial charge in [0, 0.05) is 17.6 Å². The Labute approximate surface area is 166 Å². The van der Waals surface area contributed by atoms with Crippen LogP contribution in [-0.4, -0.2) is 29.3 Å². The summed E-state index contributed by atoms with van der Waals surface area (Å²) in [5.41, 5.74) is 1.33. The smallest absolute Gasteiger partial charge is 0.247 e. The lowest BCUT2D eigenvalue weighted by Crippen LogP contribution is -2.47. The van der Waals surface area contributed by atoms with E-state index in [2.05, 4.69) is 5.32 Å². The number of carbonyl (C=O) groups is 2. The maximum absolute atomic E-state index is 12.7. The zero-order valence-electron chi connectivity index (χ0n) is 17.0. The Kier molecular flexibility index (Phi) is 5.73. The Bertz CT molecular complexity index is 853. The first-order valence-electron chi connectivity index (χ1n) is 9.70. The largest absolute Gasteiger partial charge is 0.457 e. The van der Waals surface area contributed by atoms with Crippen molar-refractivity contribution in [2.45, 2.75) is 46.6 Å². The van der Waals surface area contributed by atoms with Crippen molar-refractivity contribution in [1.82, 2.24) is 4.90 Å². The molecule has 1 heterocycles. The van der Waals surface area contributed by atoms with Crippen LogP contribution < -0.4 is 10.1 Å². The lowest BCUT2D eigenvalue weighted by atomic mass is 9.94. The number of nitrogens with zero attached hydrogens (tertiary/aromatic N) is 1. The minimum atomic E-state index is -0.488. The van der Waals surface area contributed by atoms with Crippen LogP contribution >= 0.6 is 0 Å². The normalized spacial score (nSPS) is 16.7. The Morgan fingerprint density at radius 1 is 1.07 bits per heavy atom. The third-order valence-electron chi connectivity index (χ3n) is 4.81. The lowest BCUT2D eigenvalue weighted by molar-refractivity contribution is -0.143. The summed E-state index contributed by atoms with van der Waals surface area (Å²) in [6.45, 7) is 8.31. The van der Waals surface area contributed by atoms with E-state index in [9.17, 15) is 9.59 Å². The maximum Gasteiger partial charge on any atom is 0.247 e. The number of anilines is 1. The van der Waals surface area contributed by atoms with Gasteiger partial charge in [0.2, 0.25) is 11.8 Å². The van der Waals surface area contributed by atoms with Crippen LogP contribution in [0.25, 0.3) is 0 Å². The van der Waals surface area contributed by atoms with E-state index in [-0.39, 0.29) is 11.8 Å². The third-order valence-corrected chi connectivity index (χ3v) is 4.81. The fraction of sp³-hybridized carbons (Fsp3) is 0.391. The van der Waals surface area contributed by atoms with Crippen LogP contribution in [-0.2, 0) is 9.59 Å². The molecule has 28 heavy (non-hydrogen) atoms. The number of likely N-dealkylation sites (tertiary alicyclic amines) is 1. The van der Waals surface area contributed by atoms with Crippen LogP contribution in [0.4, 0.5) is 5.69 Å². The molecule has 0 aliphatic carbocycles. The molecule has 0 bridgehead atoms. The van der Waals surface area contributed by atoms with Crippen molar-refractivity contribution in [3.8, 4) is 11.5 Å². The number of amides is 2. The maximum atomic E-state index is 12.7. The third kappa shape index (κ3) is 4.71. The molecule has 1 N–H and O–H groups in total. The van der Waals surface area contributed by atoms with E-state index in [1.54, 1.807) is 4.90 Å². The van der Waals surface area contributed by atoms with Gasteiger partial charge in [-0.3, -0.25) is 9.59 Å². The summed E-state index contributed by atoms with van der Waals surface area (Å²) in [7, 11) is 0. The van der Waals surface area contributed by atoms with Gasteiger partial charge in [0.05, 0.1) is 0 Å². The molecule has 148 valence electrons. The van der Waals surface area contributed by atoms with Gasteiger partial charge in [0.15, 0.2) is 0 Å². The average molecular weight is 380 g/mol. The molecule has 2 amide bonds. The molecule has 3 rings (SSSR count). The predicted octanol–water partition coefficient (Wildman–Crippen LogP) is 4.76. The second-order valence-corrected chi connectivity index (χ2v) is 8.34. The van der Waals surface area contributed by atoms with Crippen LogP contribution in [0, 0.1) is 12.3 Å². The predicted molar refractivity (Wildman–Crippen MR) is 111 cm³/mol. The summed E-state index contributed by atoms with van der Waals surface area (Å²) in [5.74, 6) is 1.36. The monoisotopic (exact) mass is 380 g/mol. The summed E-state index contributed by atoms with van der Waals surface area (Å²) in [6, 6.07) is 14.7. The number of hydrogen-bond acceptors (Lipinski definition) is 3. The summed E-state index contributed by atoms with van der Waals surface area (Å²) in [4.78, 5) is 27.1. The highest BCUT2D eigenvalue weighted by Crippen LogP contribution is 2.27. The molecule has 1 saturated heterocycles. The van der Waals surface area contributed by atoms with E-state index >= 15 is 0 Å². The molecule has 1 aliphatic heterocycles. The summed E-state index contributed by atoms with van der Waals surface area (Å²) in [6.07, 6.45) is 1.55. The number of carbonyl (C=O) groups excluding carboxylic acids is 2. The molecule has 0 aromatic heterocycles. The number of aryl methyl sites for hydroxylation is 1. The first-order valence-corrected chi connectivity index (χ1v) is 9.70. The minimum absolute atomic E-state index is 0.0204. The molecule has 1 unspecified atom stereocenters. The molecule has 5 nitrogen and oxygen atoms in total. The van der Waals surface area contributed by atoms with Crippen molar-refractivity contribution in [1.29, 1.82) is 0 Å². The summed E-state index contributed by atoms with van der Waals surface area (Å²) in [5, 5.41) is 2.93. The SMILES string of the molecule is Cc1cccc(Oc2ccc(NC(=O)C3CCCN3C(=O)C(C)(C)C)cc2)c1. The van der Waals surface area contributed by atoms with Crippen molar-refractivity contribution in [3.05, 3.63) is 54.1 Å². The number of hydrogen-bond donors (Lipinski definition) is 1. The lowest BCUT2D eigenvalue weighted by Gasteiger charge is -2.30. The van der Waals surface area contributed by atoms with E-state index < -0.39 is 11.5 Å². The highest BCUT2D eigenvalue weighted by Gasteiger charge is 2.38. The number of nitrogens with one attached hydrogen (secondary N) is 1. The van der Waals surface area contributed by atoms with Crippen LogP contribution in [0.3, 0.4) is 0 Å². The molecular formula is C23H28N2O3. The summed E-state index contributed by atoms with van der Waals surface area (Å²) < 4.78 is 5.84. The number of rotatable bonds is 4. The molecule has 0 saturated carbocycles. The fourth-order valence-electron chi connectivity index (χ4n) is 3.36. The topological polar surface area (TPSA) is 58.6 Å².